The zero-order valence-electron chi connectivity index (χ0n) is 12.9. The fourth-order valence-corrected chi connectivity index (χ4v) is 4.69. The maximum Gasteiger partial charge on any atom is 0.416 e. The quantitative estimate of drug-likeness (QED) is 0.884. The molecule has 0 aromatic heterocycles. The van der Waals surface area contributed by atoms with Crippen LogP contribution in [0, 0.1) is 6.92 Å². The highest BCUT2D eigenvalue weighted by molar-refractivity contribution is 7.89. The van der Waals surface area contributed by atoms with Crippen LogP contribution >= 0.6 is 12.4 Å². The van der Waals surface area contributed by atoms with E-state index in [0.717, 1.165) is 12.1 Å². The molecule has 1 saturated heterocycles. The molecule has 1 aromatic rings. The number of hydrogen-bond acceptors (Lipinski definition) is 3. The lowest BCUT2D eigenvalue weighted by molar-refractivity contribution is -0.137. The van der Waals surface area contributed by atoms with E-state index < -0.39 is 21.8 Å². The second-order valence-electron chi connectivity index (χ2n) is 5.45. The normalized spacial score (nSPS) is 19.6. The summed E-state index contributed by atoms with van der Waals surface area (Å²) >= 11 is 0. The Morgan fingerprint density at radius 2 is 2.00 bits per heavy atom. The van der Waals surface area contributed by atoms with Crippen molar-refractivity contribution >= 4 is 22.4 Å². The van der Waals surface area contributed by atoms with E-state index in [1.807, 2.05) is 0 Å². The molecule has 0 aliphatic carbocycles. The second kappa shape index (κ2) is 7.38. The first-order valence-corrected chi connectivity index (χ1v) is 8.46. The van der Waals surface area contributed by atoms with Gasteiger partial charge in [0, 0.05) is 19.1 Å². The number of likely N-dealkylation sites (N-methyl/N-ethyl adjacent to an activating group) is 1. The van der Waals surface area contributed by atoms with Crippen LogP contribution < -0.4 is 5.32 Å². The number of nitrogens with one attached hydrogen (secondary N) is 1. The summed E-state index contributed by atoms with van der Waals surface area (Å²) in [6.45, 7) is 2.33. The van der Waals surface area contributed by atoms with Gasteiger partial charge in [-0.3, -0.25) is 0 Å². The van der Waals surface area contributed by atoms with Gasteiger partial charge in [-0.25, -0.2) is 8.42 Å². The van der Waals surface area contributed by atoms with Gasteiger partial charge in [0.1, 0.15) is 0 Å². The number of halogens is 4. The Balaban J connectivity index is 0.00000264. The Hall–Kier alpha value is -0.830. The minimum absolute atomic E-state index is 0. The molecule has 0 saturated carbocycles. The summed E-state index contributed by atoms with van der Waals surface area (Å²) in [5.74, 6) is 0. The lowest BCUT2D eigenvalue weighted by atomic mass is 10.1. The molecule has 2 rings (SSSR count). The molecular formula is C14H20ClF3N2O2S. The van der Waals surface area contributed by atoms with Crippen molar-refractivity contribution in [3.05, 3.63) is 29.3 Å². The van der Waals surface area contributed by atoms with Crippen LogP contribution in [0.15, 0.2) is 23.1 Å². The highest BCUT2D eigenvalue weighted by Crippen LogP contribution is 2.34. The van der Waals surface area contributed by atoms with E-state index in [-0.39, 0.29) is 23.3 Å². The van der Waals surface area contributed by atoms with Crippen molar-refractivity contribution in [1.29, 1.82) is 0 Å². The largest absolute Gasteiger partial charge is 0.416 e. The van der Waals surface area contributed by atoms with Gasteiger partial charge >= 0.3 is 6.18 Å². The molecule has 0 radical (unpaired) electrons. The number of nitrogens with zero attached hydrogens (tertiary/aromatic N) is 1. The van der Waals surface area contributed by atoms with E-state index in [0.29, 0.717) is 31.5 Å². The van der Waals surface area contributed by atoms with Crippen LogP contribution in [0.25, 0.3) is 0 Å². The summed E-state index contributed by atoms with van der Waals surface area (Å²) in [5.41, 5.74) is -0.621. The lowest BCUT2D eigenvalue weighted by Gasteiger charge is -2.25. The average Bonchev–Trinajstić information content (AvgIpc) is 2.87. The van der Waals surface area contributed by atoms with Crippen LogP contribution in [0.4, 0.5) is 13.2 Å². The Bertz CT molecular complexity index is 650. The highest BCUT2D eigenvalue weighted by atomic mass is 35.5. The van der Waals surface area contributed by atoms with Crippen molar-refractivity contribution in [2.75, 3.05) is 20.1 Å². The van der Waals surface area contributed by atoms with Crippen molar-refractivity contribution in [2.45, 2.75) is 36.9 Å². The van der Waals surface area contributed by atoms with Crippen LogP contribution in [0.5, 0.6) is 0 Å². The first kappa shape index (κ1) is 20.2. The number of rotatable bonds is 4. The van der Waals surface area contributed by atoms with E-state index in [1.54, 1.807) is 7.05 Å². The Labute approximate surface area is 140 Å². The van der Waals surface area contributed by atoms with E-state index in [1.165, 1.54) is 17.3 Å². The van der Waals surface area contributed by atoms with Gasteiger partial charge in [-0.2, -0.15) is 17.5 Å². The number of sulfonamides is 1. The summed E-state index contributed by atoms with van der Waals surface area (Å²) in [6.07, 6.45) is -3.14. The monoisotopic (exact) mass is 372 g/mol. The van der Waals surface area contributed by atoms with Gasteiger partial charge in [-0.05, 0) is 44.5 Å². The van der Waals surface area contributed by atoms with E-state index in [9.17, 15) is 21.6 Å². The third kappa shape index (κ3) is 4.17. The Kier molecular flexibility index (Phi) is 6.48. The summed E-state index contributed by atoms with van der Waals surface area (Å²) < 4.78 is 65.3. The fourth-order valence-electron chi connectivity index (χ4n) is 2.75. The third-order valence-electron chi connectivity index (χ3n) is 3.86. The molecular weight excluding hydrogens is 353 g/mol. The number of benzene rings is 1. The number of aryl methyl sites for hydroxylation is 1. The molecule has 4 nitrogen and oxygen atoms in total. The molecule has 9 heteroatoms. The zero-order valence-corrected chi connectivity index (χ0v) is 14.5. The topological polar surface area (TPSA) is 49.4 Å². The van der Waals surface area contributed by atoms with Gasteiger partial charge in [-0.15, -0.1) is 12.4 Å². The number of alkyl halides is 3. The molecule has 0 amide bonds. The predicted octanol–water partition coefficient (Wildman–Crippen LogP) is 2.81. The first-order valence-electron chi connectivity index (χ1n) is 7.02. The van der Waals surface area contributed by atoms with Gasteiger partial charge in [0.2, 0.25) is 10.0 Å². The predicted molar refractivity (Wildman–Crippen MR) is 84.3 cm³/mol. The minimum Gasteiger partial charge on any atom is -0.318 e. The smallest absolute Gasteiger partial charge is 0.318 e. The molecule has 0 bridgehead atoms. The number of hydrogen-bond donors (Lipinski definition) is 1. The summed E-state index contributed by atoms with van der Waals surface area (Å²) in [5, 5.41) is 2.93. The maximum absolute atomic E-state index is 12.8. The summed E-state index contributed by atoms with van der Waals surface area (Å²) in [6, 6.07) is 2.63. The standard InChI is InChI=1S/C14H19F3N2O2S.ClH/c1-10-5-6-11(14(15,16)17)8-13(10)22(20,21)19-7-3-4-12(19)9-18-2;/h5-6,8,12,18H,3-4,7,9H2,1-2H3;1H. The lowest BCUT2D eigenvalue weighted by Crippen LogP contribution is -2.41. The van der Waals surface area contributed by atoms with E-state index >= 15 is 0 Å². The Morgan fingerprint density at radius 3 is 2.57 bits per heavy atom. The average molecular weight is 373 g/mol. The van der Waals surface area contributed by atoms with Crippen LogP contribution in [0.3, 0.4) is 0 Å². The SMILES string of the molecule is CNCC1CCCN1S(=O)(=O)c1cc(C(F)(F)F)ccc1C.Cl. The van der Waals surface area contributed by atoms with Crippen molar-refractivity contribution < 1.29 is 21.6 Å². The van der Waals surface area contributed by atoms with Gasteiger partial charge in [0.25, 0.3) is 0 Å². The van der Waals surface area contributed by atoms with Gasteiger partial charge < -0.3 is 5.32 Å². The fraction of sp³-hybridized carbons (Fsp3) is 0.571. The van der Waals surface area contributed by atoms with E-state index in [4.69, 9.17) is 0 Å². The first-order chi connectivity index (χ1) is 10.2. The molecule has 1 N–H and O–H groups in total. The third-order valence-corrected chi connectivity index (χ3v) is 5.96. The van der Waals surface area contributed by atoms with E-state index in [2.05, 4.69) is 5.32 Å². The van der Waals surface area contributed by atoms with Crippen molar-refractivity contribution in [3.63, 3.8) is 0 Å². The van der Waals surface area contributed by atoms with Crippen LogP contribution in [0.2, 0.25) is 0 Å². The highest BCUT2D eigenvalue weighted by Gasteiger charge is 2.37. The van der Waals surface area contributed by atoms with Crippen LogP contribution in [-0.2, 0) is 16.2 Å². The molecule has 1 atom stereocenters. The van der Waals surface area contributed by atoms with Crippen LogP contribution in [-0.4, -0.2) is 38.9 Å². The molecule has 132 valence electrons. The van der Waals surface area contributed by atoms with Gasteiger partial charge in [0.05, 0.1) is 10.5 Å². The summed E-state index contributed by atoms with van der Waals surface area (Å²) in [7, 11) is -2.21. The minimum atomic E-state index is -4.56. The molecule has 23 heavy (non-hydrogen) atoms. The zero-order chi connectivity index (χ0) is 16.5. The molecule has 1 unspecified atom stereocenters. The molecule has 1 aromatic carbocycles. The molecule has 1 fully saturated rings. The van der Waals surface area contributed by atoms with Crippen molar-refractivity contribution in [1.82, 2.24) is 9.62 Å². The van der Waals surface area contributed by atoms with Gasteiger partial charge in [-0.1, -0.05) is 6.07 Å². The maximum atomic E-state index is 12.8. The van der Waals surface area contributed by atoms with Gasteiger partial charge in [0.15, 0.2) is 0 Å². The molecule has 1 heterocycles. The van der Waals surface area contributed by atoms with Crippen molar-refractivity contribution in [3.8, 4) is 0 Å². The second-order valence-corrected chi connectivity index (χ2v) is 7.31. The molecule has 1 aliphatic heterocycles. The van der Waals surface area contributed by atoms with Crippen molar-refractivity contribution in [2.24, 2.45) is 0 Å². The summed E-state index contributed by atoms with van der Waals surface area (Å²) in [4.78, 5) is -0.259. The Morgan fingerprint density at radius 1 is 1.35 bits per heavy atom. The molecule has 0 spiro atoms. The van der Waals surface area contributed by atoms with Crippen LogP contribution in [0.1, 0.15) is 24.0 Å². The molecule has 1 aliphatic rings.